The van der Waals surface area contributed by atoms with Crippen LogP contribution in [0.3, 0.4) is 0 Å². The second-order valence-electron chi connectivity index (χ2n) is 6.02. The number of rotatable bonds is 5. The van der Waals surface area contributed by atoms with E-state index in [1.807, 2.05) is 24.3 Å². The Bertz CT molecular complexity index is 656. The highest BCUT2D eigenvalue weighted by molar-refractivity contribution is 5.90. The first-order valence-electron chi connectivity index (χ1n) is 8.01. The van der Waals surface area contributed by atoms with E-state index in [1.54, 1.807) is 4.90 Å². The molecule has 0 aromatic heterocycles. The zero-order chi connectivity index (χ0) is 17.1. The highest BCUT2D eigenvalue weighted by atomic mass is 16.6. The third kappa shape index (κ3) is 3.58. The second-order valence-corrected chi connectivity index (χ2v) is 6.02. The van der Waals surface area contributed by atoms with E-state index in [0.717, 1.165) is 24.3 Å². The monoisotopic (exact) mass is 330 g/mol. The second kappa shape index (κ2) is 7.02. The number of amides is 2. The summed E-state index contributed by atoms with van der Waals surface area (Å²) in [7, 11) is 0. The lowest BCUT2D eigenvalue weighted by atomic mass is 10.1. The van der Waals surface area contributed by atoms with E-state index in [2.05, 4.69) is 16.3 Å². The van der Waals surface area contributed by atoms with Crippen LogP contribution < -0.4 is 16.0 Å². The molecule has 7 nitrogen and oxygen atoms in total. The third-order valence-corrected chi connectivity index (χ3v) is 4.25. The lowest BCUT2D eigenvalue weighted by molar-refractivity contribution is -0.119. The molecule has 1 fully saturated rings. The molecule has 2 aliphatic rings. The average molecular weight is 330 g/mol. The van der Waals surface area contributed by atoms with Gasteiger partial charge in [0.1, 0.15) is 6.10 Å². The van der Waals surface area contributed by atoms with Crippen LogP contribution in [0.1, 0.15) is 12.5 Å². The Hall–Kier alpha value is -2.38. The van der Waals surface area contributed by atoms with Crippen molar-refractivity contribution in [3.05, 3.63) is 35.9 Å². The fourth-order valence-electron chi connectivity index (χ4n) is 2.91. The maximum absolute atomic E-state index is 12.0. The van der Waals surface area contributed by atoms with Gasteiger partial charge in [0, 0.05) is 32.4 Å². The number of cyclic esters (lactones) is 1. The number of nitrogens with zero attached hydrogens (tertiary/aromatic N) is 2. The standard InChI is InChI=1S/C17H22N4O3/c1-12(22)19-8-16-10-21(17(23)24-16)15-4-2-13(3-5-15)14-6-7-20(9-14)11-18/h2-6,16H,7-11,18H2,1H3,(H,19,22)/t16-/m0/s1. The largest absolute Gasteiger partial charge is 0.442 e. The maximum atomic E-state index is 12.0. The molecule has 128 valence electrons. The molecule has 0 aliphatic carbocycles. The van der Waals surface area contributed by atoms with Crippen LogP contribution in [-0.4, -0.2) is 55.9 Å². The summed E-state index contributed by atoms with van der Waals surface area (Å²) >= 11 is 0. The Balaban J connectivity index is 1.63. The van der Waals surface area contributed by atoms with E-state index >= 15 is 0 Å². The van der Waals surface area contributed by atoms with Crippen molar-refractivity contribution in [3.63, 3.8) is 0 Å². The average Bonchev–Trinajstić information content (AvgIpc) is 3.19. The summed E-state index contributed by atoms with van der Waals surface area (Å²) in [5.41, 5.74) is 8.84. The van der Waals surface area contributed by atoms with Gasteiger partial charge in [0.05, 0.1) is 13.1 Å². The molecule has 1 aromatic rings. The minimum Gasteiger partial charge on any atom is -0.442 e. The Kier molecular flexibility index (Phi) is 4.82. The van der Waals surface area contributed by atoms with Gasteiger partial charge in [-0.05, 0) is 23.3 Å². The van der Waals surface area contributed by atoms with E-state index in [9.17, 15) is 9.59 Å². The van der Waals surface area contributed by atoms with Crippen LogP contribution in [0.5, 0.6) is 0 Å². The Morgan fingerprint density at radius 1 is 1.38 bits per heavy atom. The molecule has 1 aromatic carbocycles. The number of benzene rings is 1. The quantitative estimate of drug-likeness (QED) is 0.832. The smallest absolute Gasteiger partial charge is 0.414 e. The molecule has 0 radical (unpaired) electrons. The number of anilines is 1. The van der Waals surface area contributed by atoms with E-state index < -0.39 is 0 Å². The topological polar surface area (TPSA) is 87.9 Å². The lowest BCUT2D eigenvalue weighted by Crippen LogP contribution is -2.33. The molecule has 0 spiro atoms. The minimum absolute atomic E-state index is 0.134. The van der Waals surface area contributed by atoms with E-state index in [4.69, 9.17) is 10.5 Å². The molecule has 1 saturated heterocycles. The SMILES string of the molecule is CC(=O)NC[C@H]1CN(c2ccc(C3=CCN(CN)C3)cc2)C(=O)O1. The van der Waals surface area contributed by atoms with Crippen molar-refractivity contribution >= 4 is 23.3 Å². The number of hydrogen-bond acceptors (Lipinski definition) is 5. The van der Waals surface area contributed by atoms with Gasteiger partial charge in [-0.15, -0.1) is 0 Å². The third-order valence-electron chi connectivity index (χ3n) is 4.25. The van der Waals surface area contributed by atoms with Gasteiger partial charge in [0.25, 0.3) is 0 Å². The molecular formula is C17H22N4O3. The van der Waals surface area contributed by atoms with Crippen LogP contribution in [0.25, 0.3) is 5.57 Å². The molecule has 3 rings (SSSR count). The maximum Gasteiger partial charge on any atom is 0.414 e. The highest BCUT2D eigenvalue weighted by Crippen LogP contribution is 2.26. The van der Waals surface area contributed by atoms with Gasteiger partial charge in [-0.1, -0.05) is 18.2 Å². The fraction of sp³-hybridized carbons (Fsp3) is 0.412. The number of carbonyl (C=O) groups is 2. The molecule has 24 heavy (non-hydrogen) atoms. The first-order chi connectivity index (χ1) is 11.6. The molecule has 7 heteroatoms. The van der Waals surface area contributed by atoms with Gasteiger partial charge < -0.3 is 15.8 Å². The predicted molar refractivity (Wildman–Crippen MR) is 91.3 cm³/mol. The summed E-state index contributed by atoms with van der Waals surface area (Å²) in [4.78, 5) is 26.7. The molecule has 2 aliphatic heterocycles. The van der Waals surface area contributed by atoms with Gasteiger partial charge in [-0.25, -0.2) is 4.79 Å². The van der Waals surface area contributed by atoms with Crippen molar-refractivity contribution in [1.29, 1.82) is 0 Å². The van der Waals surface area contributed by atoms with Crippen molar-refractivity contribution in [2.24, 2.45) is 5.73 Å². The Labute approximate surface area is 141 Å². The highest BCUT2D eigenvalue weighted by Gasteiger charge is 2.32. The predicted octanol–water partition coefficient (Wildman–Crippen LogP) is 0.763. The summed E-state index contributed by atoms with van der Waals surface area (Å²) in [5, 5.41) is 2.67. The molecule has 2 amide bonds. The van der Waals surface area contributed by atoms with E-state index in [-0.39, 0.29) is 18.1 Å². The molecule has 2 heterocycles. The fourth-order valence-corrected chi connectivity index (χ4v) is 2.91. The summed E-state index contributed by atoms with van der Waals surface area (Å²) in [6.07, 6.45) is 1.47. The summed E-state index contributed by atoms with van der Waals surface area (Å²) in [5.74, 6) is -0.134. The van der Waals surface area contributed by atoms with E-state index in [1.165, 1.54) is 12.5 Å². The zero-order valence-corrected chi connectivity index (χ0v) is 13.7. The first kappa shape index (κ1) is 16.5. The molecule has 0 unspecified atom stereocenters. The van der Waals surface area contributed by atoms with Gasteiger partial charge in [-0.2, -0.15) is 0 Å². The summed E-state index contributed by atoms with van der Waals surface area (Å²) < 4.78 is 5.28. The molecular weight excluding hydrogens is 308 g/mol. The Morgan fingerprint density at radius 3 is 2.75 bits per heavy atom. The molecule has 0 saturated carbocycles. The van der Waals surface area contributed by atoms with Crippen LogP contribution in [0, 0.1) is 0 Å². The molecule has 0 bridgehead atoms. The number of hydrogen-bond donors (Lipinski definition) is 2. The van der Waals surface area contributed by atoms with Crippen LogP contribution in [0.4, 0.5) is 10.5 Å². The van der Waals surface area contributed by atoms with Crippen LogP contribution in [0.2, 0.25) is 0 Å². The number of carbonyl (C=O) groups excluding carboxylic acids is 2. The van der Waals surface area contributed by atoms with E-state index in [0.29, 0.717) is 19.8 Å². The van der Waals surface area contributed by atoms with Gasteiger partial charge in [0.2, 0.25) is 5.91 Å². The van der Waals surface area contributed by atoms with Crippen molar-refractivity contribution in [2.75, 3.05) is 37.7 Å². The van der Waals surface area contributed by atoms with Crippen LogP contribution in [-0.2, 0) is 9.53 Å². The Morgan fingerprint density at radius 2 is 2.12 bits per heavy atom. The molecule has 3 N–H and O–H groups in total. The zero-order valence-electron chi connectivity index (χ0n) is 13.7. The first-order valence-corrected chi connectivity index (χ1v) is 8.01. The van der Waals surface area contributed by atoms with Gasteiger partial charge >= 0.3 is 6.09 Å². The minimum atomic E-state index is -0.382. The van der Waals surface area contributed by atoms with Gasteiger partial charge in [-0.3, -0.25) is 14.6 Å². The number of nitrogens with two attached hydrogens (primary N) is 1. The van der Waals surface area contributed by atoms with Crippen molar-refractivity contribution in [3.8, 4) is 0 Å². The van der Waals surface area contributed by atoms with Crippen LogP contribution >= 0.6 is 0 Å². The lowest BCUT2D eigenvalue weighted by Gasteiger charge is -2.15. The van der Waals surface area contributed by atoms with Crippen molar-refractivity contribution < 1.29 is 14.3 Å². The van der Waals surface area contributed by atoms with Crippen LogP contribution in [0.15, 0.2) is 30.3 Å². The molecule has 1 atom stereocenters. The van der Waals surface area contributed by atoms with Gasteiger partial charge in [0.15, 0.2) is 0 Å². The summed E-state index contributed by atoms with van der Waals surface area (Å²) in [6.45, 7) is 4.47. The van der Waals surface area contributed by atoms with Crippen molar-refractivity contribution in [2.45, 2.75) is 13.0 Å². The number of nitrogens with one attached hydrogen (secondary N) is 1. The van der Waals surface area contributed by atoms with Crippen molar-refractivity contribution in [1.82, 2.24) is 10.2 Å². The number of ether oxygens (including phenoxy) is 1. The summed E-state index contributed by atoms with van der Waals surface area (Å²) in [6, 6.07) is 7.86. The normalized spacial score (nSPS) is 20.9.